The summed E-state index contributed by atoms with van der Waals surface area (Å²) in [7, 11) is 1.72. The van der Waals surface area contributed by atoms with E-state index in [0.29, 0.717) is 13.0 Å². The van der Waals surface area contributed by atoms with Crippen molar-refractivity contribution in [3.63, 3.8) is 0 Å². The Morgan fingerprint density at radius 3 is 1.86 bits per heavy atom. The van der Waals surface area contributed by atoms with Gasteiger partial charge in [-0.15, -0.1) is 0 Å². The molecule has 142 valence electrons. The summed E-state index contributed by atoms with van der Waals surface area (Å²) in [6.45, 7) is 0.496. The Hall–Kier alpha value is -3.17. The molecule has 1 N–H and O–H groups in total. The highest BCUT2D eigenvalue weighted by molar-refractivity contribution is 5.91. The molecule has 0 bridgehead atoms. The normalized spacial score (nSPS) is 11.5. The van der Waals surface area contributed by atoms with Crippen LogP contribution in [0.15, 0.2) is 97.1 Å². The molecular formula is C25H25NO2. The van der Waals surface area contributed by atoms with Gasteiger partial charge < -0.3 is 10.1 Å². The van der Waals surface area contributed by atoms with E-state index in [1.807, 2.05) is 72.8 Å². The molecule has 0 fully saturated rings. The maximum atomic E-state index is 12.2. The number of rotatable bonds is 8. The minimum absolute atomic E-state index is 0.116. The summed E-state index contributed by atoms with van der Waals surface area (Å²) in [5.41, 5.74) is 2.52. The molecule has 0 spiro atoms. The van der Waals surface area contributed by atoms with Crippen molar-refractivity contribution >= 4 is 12.0 Å². The molecule has 0 saturated carbocycles. The van der Waals surface area contributed by atoms with Crippen molar-refractivity contribution < 1.29 is 9.53 Å². The van der Waals surface area contributed by atoms with Crippen LogP contribution in [0.25, 0.3) is 6.08 Å². The lowest BCUT2D eigenvalue weighted by atomic mass is 9.83. The molecule has 0 aliphatic rings. The van der Waals surface area contributed by atoms with E-state index in [2.05, 4.69) is 29.6 Å². The van der Waals surface area contributed by atoms with E-state index in [0.717, 1.165) is 16.7 Å². The number of carbonyl (C=O) groups excluding carboxylic acids is 1. The van der Waals surface area contributed by atoms with Gasteiger partial charge in [-0.2, -0.15) is 0 Å². The van der Waals surface area contributed by atoms with Crippen molar-refractivity contribution in [3.05, 3.63) is 114 Å². The lowest BCUT2D eigenvalue weighted by molar-refractivity contribution is -0.116. The van der Waals surface area contributed by atoms with Crippen LogP contribution in [-0.2, 0) is 15.1 Å². The number of ether oxygens (including phenoxy) is 1. The number of hydrogen-bond acceptors (Lipinski definition) is 2. The first-order valence-corrected chi connectivity index (χ1v) is 9.42. The quantitative estimate of drug-likeness (QED) is 0.578. The molecule has 3 heteroatoms. The summed E-state index contributed by atoms with van der Waals surface area (Å²) in [6.07, 6.45) is 4.00. The van der Waals surface area contributed by atoms with Gasteiger partial charge in [-0.3, -0.25) is 4.79 Å². The summed E-state index contributed by atoms with van der Waals surface area (Å²) < 4.78 is 6.05. The zero-order valence-corrected chi connectivity index (χ0v) is 16.0. The highest BCUT2D eigenvalue weighted by Crippen LogP contribution is 2.36. The maximum absolute atomic E-state index is 12.2. The lowest BCUT2D eigenvalue weighted by Crippen LogP contribution is -2.35. The van der Waals surface area contributed by atoms with E-state index in [1.165, 1.54) is 0 Å². The highest BCUT2D eigenvalue weighted by atomic mass is 16.5. The van der Waals surface area contributed by atoms with Gasteiger partial charge in [0, 0.05) is 26.2 Å². The van der Waals surface area contributed by atoms with Gasteiger partial charge in [0.2, 0.25) is 5.91 Å². The Morgan fingerprint density at radius 1 is 0.857 bits per heavy atom. The first kappa shape index (κ1) is 19.6. The second-order valence-corrected chi connectivity index (χ2v) is 6.55. The number of nitrogens with one attached hydrogen (secondary N) is 1. The van der Waals surface area contributed by atoms with Gasteiger partial charge in [-0.05, 0) is 22.8 Å². The van der Waals surface area contributed by atoms with E-state index >= 15 is 0 Å². The summed E-state index contributed by atoms with van der Waals surface area (Å²) in [5.74, 6) is -0.116. The van der Waals surface area contributed by atoms with E-state index in [4.69, 9.17) is 4.74 Å². The third-order valence-corrected chi connectivity index (χ3v) is 4.83. The number of hydrogen-bond donors (Lipinski definition) is 1. The Kier molecular flexibility index (Phi) is 6.77. The molecule has 0 aliphatic carbocycles. The Labute approximate surface area is 166 Å². The maximum Gasteiger partial charge on any atom is 0.244 e. The minimum atomic E-state index is -0.612. The van der Waals surface area contributed by atoms with Crippen LogP contribution in [0.1, 0.15) is 23.1 Å². The molecule has 0 unspecified atom stereocenters. The number of carbonyl (C=O) groups is 1. The average molecular weight is 371 g/mol. The van der Waals surface area contributed by atoms with Gasteiger partial charge >= 0.3 is 0 Å². The molecule has 3 nitrogen and oxygen atoms in total. The van der Waals surface area contributed by atoms with Gasteiger partial charge in [0.05, 0.1) is 0 Å². The monoisotopic (exact) mass is 371 g/mol. The molecular weight excluding hydrogens is 346 g/mol. The van der Waals surface area contributed by atoms with Crippen LogP contribution < -0.4 is 5.32 Å². The van der Waals surface area contributed by atoms with Crippen LogP contribution in [0.2, 0.25) is 0 Å². The van der Waals surface area contributed by atoms with E-state index in [9.17, 15) is 4.79 Å². The van der Waals surface area contributed by atoms with E-state index in [-0.39, 0.29) is 5.91 Å². The van der Waals surface area contributed by atoms with Crippen LogP contribution in [0, 0.1) is 0 Å². The Balaban J connectivity index is 1.72. The smallest absolute Gasteiger partial charge is 0.244 e. The SMILES string of the molecule is COC(CCNC(=O)C=Cc1ccccc1)(c1ccccc1)c1ccccc1. The van der Waals surface area contributed by atoms with E-state index in [1.54, 1.807) is 13.2 Å². The standard InChI is InChI=1S/C25H25NO2/c1-28-25(22-13-7-3-8-14-22,23-15-9-4-10-16-23)19-20-26-24(27)18-17-21-11-5-2-6-12-21/h2-18H,19-20H2,1H3,(H,26,27). The Bertz CT molecular complexity index is 850. The highest BCUT2D eigenvalue weighted by Gasteiger charge is 2.33. The molecule has 1 amide bonds. The molecule has 0 radical (unpaired) electrons. The van der Waals surface area contributed by atoms with Crippen molar-refractivity contribution in [3.8, 4) is 0 Å². The van der Waals surface area contributed by atoms with Crippen molar-refractivity contribution in [2.75, 3.05) is 13.7 Å². The van der Waals surface area contributed by atoms with Gasteiger partial charge in [-0.1, -0.05) is 91.0 Å². The molecule has 0 aromatic heterocycles. The second kappa shape index (κ2) is 9.67. The van der Waals surface area contributed by atoms with Crippen LogP contribution in [-0.4, -0.2) is 19.6 Å². The number of methoxy groups -OCH3 is 1. The van der Waals surface area contributed by atoms with Gasteiger partial charge in [0.15, 0.2) is 0 Å². The zero-order valence-electron chi connectivity index (χ0n) is 16.0. The van der Waals surface area contributed by atoms with Gasteiger partial charge in [0.25, 0.3) is 0 Å². The van der Waals surface area contributed by atoms with Crippen molar-refractivity contribution in [2.45, 2.75) is 12.0 Å². The number of amides is 1. The van der Waals surface area contributed by atoms with Gasteiger partial charge in [-0.25, -0.2) is 0 Å². The fourth-order valence-electron chi connectivity index (χ4n) is 3.36. The van der Waals surface area contributed by atoms with Crippen LogP contribution >= 0.6 is 0 Å². The minimum Gasteiger partial charge on any atom is -0.369 e. The van der Waals surface area contributed by atoms with Crippen LogP contribution in [0.3, 0.4) is 0 Å². The summed E-state index contributed by atoms with van der Waals surface area (Å²) in [4.78, 5) is 12.2. The molecule has 3 aromatic carbocycles. The first-order chi connectivity index (χ1) is 13.7. The third-order valence-electron chi connectivity index (χ3n) is 4.83. The predicted octanol–water partition coefficient (Wildman–Crippen LogP) is 4.80. The van der Waals surface area contributed by atoms with Crippen molar-refractivity contribution in [1.29, 1.82) is 0 Å². The first-order valence-electron chi connectivity index (χ1n) is 9.42. The summed E-state index contributed by atoms with van der Waals surface area (Å²) in [6, 6.07) is 30.0. The fourth-order valence-corrected chi connectivity index (χ4v) is 3.36. The van der Waals surface area contributed by atoms with Gasteiger partial charge in [0.1, 0.15) is 5.60 Å². The topological polar surface area (TPSA) is 38.3 Å². The molecule has 3 rings (SSSR count). The zero-order chi connectivity index (χ0) is 19.7. The lowest BCUT2D eigenvalue weighted by Gasteiger charge is -2.34. The second-order valence-electron chi connectivity index (χ2n) is 6.55. The predicted molar refractivity (Wildman–Crippen MR) is 114 cm³/mol. The molecule has 28 heavy (non-hydrogen) atoms. The van der Waals surface area contributed by atoms with Crippen LogP contribution in [0.4, 0.5) is 0 Å². The third kappa shape index (κ3) is 4.76. The largest absolute Gasteiger partial charge is 0.369 e. The summed E-state index contributed by atoms with van der Waals surface area (Å²) >= 11 is 0. The van der Waals surface area contributed by atoms with Crippen molar-refractivity contribution in [1.82, 2.24) is 5.32 Å². The van der Waals surface area contributed by atoms with Crippen molar-refractivity contribution in [2.24, 2.45) is 0 Å². The van der Waals surface area contributed by atoms with Crippen LogP contribution in [0.5, 0.6) is 0 Å². The molecule has 0 saturated heterocycles. The molecule has 0 aliphatic heterocycles. The summed E-state index contributed by atoms with van der Waals surface area (Å²) in [5, 5.41) is 2.98. The number of benzene rings is 3. The molecule has 3 aromatic rings. The molecule has 0 atom stereocenters. The van der Waals surface area contributed by atoms with E-state index < -0.39 is 5.60 Å². The average Bonchev–Trinajstić information content (AvgIpc) is 2.77. The molecule has 0 heterocycles. The fraction of sp³-hybridized carbons (Fsp3) is 0.160. The Morgan fingerprint density at radius 2 is 1.36 bits per heavy atom.